The minimum atomic E-state index is -3.54. The summed E-state index contributed by atoms with van der Waals surface area (Å²) in [5, 5.41) is 1.92. The van der Waals surface area contributed by atoms with Gasteiger partial charge in [-0.1, -0.05) is 6.07 Å². The summed E-state index contributed by atoms with van der Waals surface area (Å²) in [6.07, 6.45) is 0. The molecule has 6 heteroatoms. The number of nitrogen functional groups attached to an aromatic ring is 1. The fraction of sp³-hybridized carbons (Fsp3) is 0.231. The molecule has 1 aromatic heterocycles. The van der Waals surface area contributed by atoms with Crippen LogP contribution in [0.2, 0.25) is 0 Å². The van der Waals surface area contributed by atoms with Crippen molar-refractivity contribution in [2.45, 2.75) is 25.3 Å². The number of aryl methyl sites for hydroxylation is 1. The standard InChI is InChI=1S/C13H16N2O2S2/c1-9-6-12(14)10(2)13(7-9)19(16,17)15-8-11-4-3-5-18-11/h3-7,15H,8,14H2,1-2H3. The van der Waals surface area contributed by atoms with Gasteiger partial charge in [0.25, 0.3) is 0 Å². The van der Waals surface area contributed by atoms with Crippen LogP contribution in [-0.4, -0.2) is 8.42 Å². The van der Waals surface area contributed by atoms with Crippen molar-refractivity contribution in [3.8, 4) is 0 Å². The zero-order valence-electron chi connectivity index (χ0n) is 10.8. The quantitative estimate of drug-likeness (QED) is 0.851. The molecule has 0 aliphatic carbocycles. The smallest absolute Gasteiger partial charge is 0.241 e. The number of hydrogen-bond donors (Lipinski definition) is 2. The summed E-state index contributed by atoms with van der Waals surface area (Å²) in [5.41, 5.74) is 7.74. The van der Waals surface area contributed by atoms with Crippen LogP contribution in [0, 0.1) is 13.8 Å². The highest BCUT2D eigenvalue weighted by atomic mass is 32.2. The van der Waals surface area contributed by atoms with Gasteiger partial charge in [-0.2, -0.15) is 0 Å². The predicted octanol–water partition coefficient (Wildman–Crippen LogP) is 2.43. The molecule has 0 spiro atoms. The van der Waals surface area contributed by atoms with Crippen molar-refractivity contribution in [2.24, 2.45) is 0 Å². The Hall–Kier alpha value is -1.37. The van der Waals surface area contributed by atoms with Crippen molar-refractivity contribution in [1.29, 1.82) is 0 Å². The maximum Gasteiger partial charge on any atom is 0.241 e. The van der Waals surface area contributed by atoms with Crippen molar-refractivity contribution < 1.29 is 8.42 Å². The summed E-state index contributed by atoms with van der Waals surface area (Å²) in [6.45, 7) is 3.84. The lowest BCUT2D eigenvalue weighted by molar-refractivity contribution is 0.581. The van der Waals surface area contributed by atoms with Crippen LogP contribution in [0.4, 0.5) is 5.69 Å². The van der Waals surface area contributed by atoms with Gasteiger partial charge in [0.1, 0.15) is 0 Å². The van der Waals surface area contributed by atoms with Gasteiger partial charge in [0.15, 0.2) is 0 Å². The van der Waals surface area contributed by atoms with Gasteiger partial charge < -0.3 is 5.73 Å². The van der Waals surface area contributed by atoms with Crippen LogP contribution in [0.15, 0.2) is 34.5 Å². The molecule has 0 amide bonds. The minimum Gasteiger partial charge on any atom is -0.398 e. The largest absolute Gasteiger partial charge is 0.398 e. The van der Waals surface area contributed by atoms with E-state index in [0.29, 0.717) is 17.8 Å². The molecular weight excluding hydrogens is 280 g/mol. The predicted molar refractivity (Wildman–Crippen MR) is 78.7 cm³/mol. The van der Waals surface area contributed by atoms with Gasteiger partial charge in [-0.15, -0.1) is 11.3 Å². The van der Waals surface area contributed by atoms with E-state index >= 15 is 0 Å². The molecule has 0 saturated heterocycles. The molecule has 0 bridgehead atoms. The van der Waals surface area contributed by atoms with Crippen LogP contribution < -0.4 is 10.5 Å². The maximum absolute atomic E-state index is 12.3. The molecule has 102 valence electrons. The van der Waals surface area contributed by atoms with Crippen LogP contribution in [0.25, 0.3) is 0 Å². The summed E-state index contributed by atoms with van der Waals surface area (Å²) in [6, 6.07) is 7.20. The van der Waals surface area contributed by atoms with E-state index in [1.54, 1.807) is 19.1 Å². The molecule has 0 atom stereocenters. The molecule has 2 aromatic rings. The molecule has 0 aliphatic heterocycles. The van der Waals surface area contributed by atoms with Crippen LogP contribution in [0.5, 0.6) is 0 Å². The first-order valence-corrected chi connectivity index (χ1v) is 8.15. The van der Waals surface area contributed by atoms with Crippen LogP contribution >= 0.6 is 11.3 Å². The molecule has 2 rings (SSSR count). The maximum atomic E-state index is 12.3. The molecule has 1 aromatic carbocycles. The molecule has 0 fully saturated rings. The normalized spacial score (nSPS) is 11.7. The Morgan fingerprint density at radius 3 is 2.68 bits per heavy atom. The summed E-state index contributed by atoms with van der Waals surface area (Å²) >= 11 is 1.52. The second kappa shape index (κ2) is 5.32. The number of hydrogen-bond acceptors (Lipinski definition) is 4. The first-order chi connectivity index (χ1) is 8.90. The van der Waals surface area contributed by atoms with Crippen LogP contribution in [0.1, 0.15) is 16.0 Å². The van der Waals surface area contributed by atoms with E-state index in [0.717, 1.165) is 10.4 Å². The Kier molecular flexibility index (Phi) is 3.93. The zero-order valence-corrected chi connectivity index (χ0v) is 12.4. The average molecular weight is 296 g/mol. The molecule has 4 nitrogen and oxygen atoms in total. The second-order valence-corrected chi connectivity index (χ2v) is 7.15. The SMILES string of the molecule is Cc1cc(N)c(C)c(S(=O)(=O)NCc2cccs2)c1. The second-order valence-electron chi connectivity index (χ2n) is 4.38. The van der Waals surface area contributed by atoms with Gasteiger partial charge in [-0.05, 0) is 48.6 Å². The molecule has 0 aliphatic rings. The monoisotopic (exact) mass is 296 g/mol. The summed E-state index contributed by atoms with van der Waals surface area (Å²) in [7, 11) is -3.54. The molecule has 0 saturated carbocycles. The summed E-state index contributed by atoms with van der Waals surface area (Å²) in [4.78, 5) is 1.23. The van der Waals surface area contributed by atoms with Crippen LogP contribution in [0.3, 0.4) is 0 Å². The van der Waals surface area contributed by atoms with Crippen molar-refractivity contribution in [3.05, 3.63) is 45.6 Å². The molecule has 19 heavy (non-hydrogen) atoms. The Bertz CT molecular complexity index is 677. The molecule has 0 unspecified atom stereocenters. The number of benzene rings is 1. The fourth-order valence-corrected chi connectivity index (χ4v) is 3.89. The van der Waals surface area contributed by atoms with Gasteiger partial charge in [0.2, 0.25) is 10.0 Å². The highest BCUT2D eigenvalue weighted by Crippen LogP contribution is 2.23. The Morgan fingerprint density at radius 2 is 2.05 bits per heavy atom. The van der Waals surface area contributed by atoms with Crippen molar-refractivity contribution in [3.63, 3.8) is 0 Å². The number of nitrogens with one attached hydrogen (secondary N) is 1. The highest BCUT2D eigenvalue weighted by Gasteiger charge is 2.18. The number of nitrogens with two attached hydrogens (primary N) is 1. The van der Waals surface area contributed by atoms with Crippen LogP contribution in [-0.2, 0) is 16.6 Å². The summed E-state index contributed by atoms with van der Waals surface area (Å²) < 4.78 is 27.2. The van der Waals surface area contributed by atoms with Gasteiger partial charge in [0.05, 0.1) is 4.90 Å². The van der Waals surface area contributed by atoms with Gasteiger partial charge in [-0.3, -0.25) is 0 Å². The lowest BCUT2D eigenvalue weighted by Gasteiger charge is -2.11. The highest BCUT2D eigenvalue weighted by molar-refractivity contribution is 7.89. The third kappa shape index (κ3) is 3.15. The summed E-state index contributed by atoms with van der Waals surface area (Å²) in [5.74, 6) is 0. The van der Waals surface area contributed by atoms with E-state index in [4.69, 9.17) is 5.73 Å². The van der Waals surface area contributed by atoms with E-state index in [9.17, 15) is 8.42 Å². The zero-order chi connectivity index (χ0) is 14.0. The number of thiophene rings is 1. The van der Waals surface area contributed by atoms with Crippen molar-refractivity contribution in [1.82, 2.24) is 4.72 Å². The van der Waals surface area contributed by atoms with Crippen molar-refractivity contribution >= 4 is 27.0 Å². The fourth-order valence-electron chi connectivity index (χ4n) is 1.79. The molecule has 0 radical (unpaired) electrons. The van der Waals surface area contributed by atoms with E-state index in [1.807, 2.05) is 24.4 Å². The van der Waals surface area contributed by atoms with Gasteiger partial charge in [-0.25, -0.2) is 13.1 Å². The Morgan fingerprint density at radius 1 is 1.32 bits per heavy atom. The molecule has 1 heterocycles. The van der Waals surface area contributed by atoms with E-state index < -0.39 is 10.0 Å². The van der Waals surface area contributed by atoms with Gasteiger partial charge >= 0.3 is 0 Å². The molecule has 3 N–H and O–H groups in total. The average Bonchev–Trinajstić information content (AvgIpc) is 2.84. The number of rotatable bonds is 4. The lowest BCUT2D eigenvalue weighted by atomic mass is 10.1. The minimum absolute atomic E-state index is 0.251. The topological polar surface area (TPSA) is 72.2 Å². The van der Waals surface area contributed by atoms with E-state index in [1.165, 1.54) is 11.3 Å². The van der Waals surface area contributed by atoms with Gasteiger partial charge in [0, 0.05) is 17.1 Å². The number of anilines is 1. The lowest BCUT2D eigenvalue weighted by Crippen LogP contribution is -2.24. The third-order valence-corrected chi connectivity index (χ3v) is 5.25. The molecular formula is C13H16N2O2S2. The third-order valence-electron chi connectivity index (χ3n) is 2.85. The number of sulfonamides is 1. The Labute approximate surface area is 117 Å². The first kappa shape index (κ1) is 14.0. The van der Waals surface area contributed by atoms with Crippen molar-refractivity contribution in [2.75, 3.05) is 5.73 Å². The van der Waals surface area contributed by atoms with E-state index in [-0.39, 0.29) is 4.90 Å². The Balaban J connectivity index is 2.29. The van der Waals surface area contributed by atoms with E-state index in [2.05, 4.69) is 4.72 Å². The first-order valence-electron chi connectivity index (χ1n) is 5.79.